The van der Waals surface area contributed by atoms with Crippen LogP contribution in [0.3, 0.4) is 0 Å². The predicted molar refractivity (Wildman–Crippen MR) is 144 cm³/mol. The van der Waals surface area contributed by atoms with Crippen molar-refractivity contribution in [3.63, 3.8) is 0 Å². The maximum Gasteiger partial charge on any atom is 0.338 e. The van der Waals surface area contributed by atoms with Crippen molar-refractivity contribution in [3.8, 4) is 0 Å². The van der Waals surface area contributed by atoms with E-state index < -0.39 is 11.9 Å². The maximum absolute atomic E-state index is 12.4. The molecule has 3 N–H and O–H groups in total. The van der Waals surface area contributed by atoms with Gasteiger partial charge in [0.25, 0.3) is 5.91 Å². The number of benzene rings is 2. The fourth-order valence-electron chi connectivity index (χ4n) is 4.49. The molecule has 1 aromatic heterocycles. The van der Waals surface area contributed by atoms with Crippen molar-refractivity contribution in [1.82, 2.24) is 14.9 Å². The predicted octanol–water partition coefficient (Wildman–Crippen LogP) is 3.29. The zero-order valence-corrected chi connectivity index (χ0v) is 21.3. The van der Waals surface area contributed by atoms with Gasteiger partial charge in [0.2, 0.25) is 5.91 Å². The lowest BCUT2D eigenvalue weighted by atomic mass is 10.1. The summed E-state index contributed by atoms with van der Waals surface area (Å²) in [6.07, 6.45) is 3.56. The van der Waals surface area contributed by atoms with Crippen LogP contribution in [0.1, 0.15) is 39.8 Å². The summed E-state index contributed by atoms with van der Waals surface area (Å²) in [7, 11) is 1.87. The summed E-state index contributed by atoms with van der Waals surface area (Å²) in [6.45, 7) is 6.34. The molecule has 2 atom stereocenters. The Hall–Kier alpha value is -4.73. The monoisotopic (exact) mass is 514 g/mol. The van der Waals surface area contributed by atoms with Crippen LogP contribution in [0.5, 0.6) is 0 Å². The van der Waals surface area contributed by atoms with Gasteiger partial charge in [0.1, 0.15) is 12.4 Å². The van der Waals surface area contributed by atoms with Gasteiger partial charge in [0.05, 0.1) is 17.8 Å². The third-order valence-electron chi connectivity index (χ3n) is 6.62. The molecule has 2 heterocycles. The standard InChI is InChI=1S/C28H30N6O4/c1-4-24(35)34-15-14-22(18(34)2)33(3)23-16-30-25(26(29)36)27(32-23)31-21-12-10-20(11-13-21)28(37)38-17-19-8-6-5-7-9-19/h4-13,16,18,22H,1,14-15,17H2,2-3H3,(H2,29,36)(H,31,32)/t18-,22-/m1/s1. The number of anilines is 3. The maximum atomic E-state index is 12.4. The molecule has 0 bridgehead atoms. The van der Waals surface area contributed by atoms with Gasteiger partial charge in [-0.1, -0.05) is 36.9 Å². The molecule has 38 heavy (non-hydrogen) atoms. The third-order valence-corrected chi connectivity index (χ3v) is 6.62. The largest absolute Gasteiger partial charge is 0.457 e. The van der Waals surface area contributed by atoms with E-state index in [1.54, 1.807) is 29.2 Å². The number of esters is 1. The van der Waals surface area contributed by atoms with Gasteiger partial charge in [-0.3, -0.25) is 9.59 Å². The summed E-state index contributed by atoms with van der Waals surface area (Å²) >= 11 is 0. The number of nitrogens with one attached hydrogen (secondary N) is 1. The Balaban J connectivity index is 1.48. The third kappa shape index (κ3) is 5.80. The molecule has 1 fully saturated rings. The number of nitrogens with two attached hydrogens (primary N) is 1. The smallest absolute Gasteiger partial charge is 0.338 e. The molecule has 10 nitrogen and oxygen atoms in total. The van der Waals surface area contributed by atoms with Crippen molar-refractivity contribution in [3.05, 3.63) is 90.3 Å². The number of nitrogens with zero attached hydrogens (tertiary/aromatic N) is 4. The van der Waals surface area contributed by atoms with E-state index >= 15 is 0 Å². The fourth-order valence-corrected chi connectivity index (χ4v) is 4.49. The Kier molecular flexibility index (Phi) is 8.00. The Morgan fingerprint density at radius 2 is 1.89 bits per heavy atom. The molecule has 2 aromatic carbocycles. The first kappa shape index (κ1) is 26.3. The molecule has 4 rings (SSSR count). The summed E-state index contributed by atoms with van der Waals surface area (Å²) in [4.78, 5) is 49.2. The number of hydrogen-bond acceptors (Lipinski definition) is 8. The minimum atomic E-state index is -0.729. The van der Waals surface area contributed by atoms with Crippen LogP contribution >= 0.6 is 0 Å². The van der Waals surface area contributed by atoms with Crippen molar-refractivity contribution >= 4 is 35.1 Å². The van der Waals surface area contributed by atoms with Crippen molar-refractivity contribution in [2.24, 2.45) is 5.73 Å². The van der Waals surface area contributed by atoms with Gasteiger partial charge in [-0.25, -0.2) is 14.8 Å². The molecular formula is C28H30N6O4. The number of primary amides is 1. The molecule has 0 saturated carbocycles. The molecule has 0 unspecified atom stereocenters. The Morgan fingerprint density at radius 1 is 1.18 bits per heavy atom. The molecule has 0 aliphatic carbocycles. The Labute approximate surface area is 221 Å². The summed E-state index contributed by atoms with van der Waals surface area (Å²) in [5.74, 6) is -0.587. The van der Waals surface area contributed by atoms with E-state index in [1.807, 2.05) is 49.2 Å². The van der Waals surface area contributed by atoms with Crippen molar-refractivity contribution in [1.29, 1.82) is 0 Å². The Bertz CT molecular complexity index is 1330. The summed E-state index contributed by atoms with van der Waals surface area (Å²) in [6, 6.07) is 16.0. The second-order valence-electron chi connectivity index (χ2n) is 9.00. The molecule has 196 valence electrons. The fraction of sp³-hybridized carbons (Fsp3) is 0.250. The van der Waals surface area contributed by atoms with Crippen LogP contribution in [0.25, 0.3) is 0 Å². The van der Waals surface area contributed by atoms with Gasteiger partial charge in [-0.2, -0.15) is 0 Å². The number of ether oxygens (including phenoxy) is 1. The zero-order chi connectivity index (χ0) is 27.2. The number of likely N-dealkylation sites (tertiary alicyclic amines) is 1. The van der Waals surface area contributed by atoms with Crippen LogP contribution in [0.4, 0.5) is 17.3 Å². The highest BCUT2D eigenvalue weighted by atomic mass is 16.5. The number of likely N-dealkylation sites (N-methyl/N-ethyl adjacent to an activating group) is 1. The molecule has 3 aromatic rings. The van der Waals surface area contributed by atoms with Gasteiger partial charge >= 0.3 is 5.97 Å². The number of carbonyl (C=O) groups is 3. The van der Waals surface area contributed by atoms with Crippen molar-refractivity contribution < 1.29 is 19.1 Å². The van der Waals surface area contributed by atoms with E-state index in [2.05, 4.69) is 21.9 Å². The molecule has 10 heteroatoms. The number of aromatic nitrogens is 2. The van der Waals surface area contributed by atoms with Crippen LogP contribution in [-0.2, 0) is 16.1 Å². The summed E-state index contributed by atoms with van der Waals surface area (Å²) < 4.78 is 5.37. The molecule has 0 spiro atoms. The highest BCUT2D eigenvalue weighted by molar-refractivity contribution is 5.96. The molecular weight excluding hydrogens is 484 g/mol. The van der Waals surface area contributed by atoms with Crippen molar-refractivity contribution in [2.75, 3.05) is 23.8 Å². The molecule has 1 saturated heterocycles. The van der Waals surface area contributed by atoms with Crippen LogP contribution < -0.4 is 16.0 Å². The van der Waals surface area contributed by atoms with Crippen LogP contribution in [0, 0.1) is 0 Å². The number of hydrogen-bond donors (Lipinski definition) is 2. The lowest BCUT2D eigenvalue weighted by Crippen LogP contribution is -2.43. The summed E-state index contributed by atoms with van der Waals surface area (Å²) in [5, 5.41) is 3.08. The first-order valence-electron chi connectivity index (χ1n) is 12.2. The van der Waals surface area contributed by atoms with Crippen molar-refractivity contribution in [2.45, 2.75) is 32.0 Å². The van der Waals surface area contributed by atoms with E-state index in [0.717, 1.165) is 12.0 Å². The van der Waals surface area contributed by atoms with Gasteiger partial charge in [0.15, 0.2) is 11.5 Å². The van der Waals surface area contributed by atoms with E-state index in [9.17, 15) is 14.4 Å². The highest BCUT2D eigenvalue weighted by Gasteiger charge is 2.36. The van der Waals surface area contributed by atoms with Gasteiger partial charge in [0, 0.05) is 25.3 Å². The van der Waals surface area contributed by atoms with E-state index in [4.69, 9.17) is 10.5 Å². The van der Waals surface area contributed by atoms with E-state index in [0.29, 0.717) is 23.6 Å². The van der Waals surface area contributed by atoms with Crippen LogP contribution in [-0.4, -0.2) is 58.3 Å². The van der Waals surface area contributed by atoms with Crippen LogP contribution in [0.2, 0.25) is 0 Å². The first-order chi connectivity index (χ1) is 18.3. The second-order valence-corrected chi connectivity index (χ2v) is 9.00. The normalized spacial score (nSPS) is 16.5. The molecule has 2 amide bonds. The average Bonchev–Trinajstić information content (AvgIpc) is 3.32. The second kappa shape index (κ2) is 11.5. The van der Waals surface area contributed by atoms with E-state index in [-0.39, 0.29) is 36.1 Å². The minimum absolute atomic E-state index is 0.00154. The van der Waals surface area contributed by atoms with Gasteiger partial charge in [-0.15, -0.1) is 0 Å². The average molecular weight is 515 g/mol. The first-order valence-corrected chi connectivity index (χ1v) is 12.2. The number of carbonyl (C=O) groups excluding carboxylic acids is 3. The highest BCUT2D eigenvalue weighted by Crippen LogP contribution is 2.27. The Morgan fingerprint density at radius 3 is 2.55 bits per heavy atom. The molecule has 0 radical (unpaired) electrons. The SMILES string of the molecule is C=CC(=O)N1CC[C@@H](N(C)c2cnc(C(N)=O)c(Nc3ccc(C(=O)OCc4ccccc4)cc3)n2)[C@H]1C. The van der Waals surface area contributed by atoms with Gasteiger partial charge < -0.3 is 25.6 Å². The van der Waals surface area contributed by atoms with Crippen LogP contribution in [0.15, 0.2) is 73.4 Å². The molecule has 1 aliphatic rings. The topological polar surface area (TPSA) is 131 Å². The molecule has 1 aliphatic heterocycles. The quantitative estimate of drug-likeness (QED) is 0.329. The zero-order valence-electron chi connectivity index (χ0n) is 21.3. The number of amides is 2. The minimum Gasteiger partial charge on any atom is -0.457 e. The number of rotatable bonds is 9. The lowest BCUT2D eigenvalue weighted by molar-refractivity contribution is -0.126. The summed E-state index contributed by atoms with van der Waals surface area (Å²) in [5.41, 5.74) is 7.39. The lowest BCUT2D eigenvalue weighted by Gasteiger charge is -2.31. The van der Waals surface area contributed by atoms with E-state index in [1.165, 1.54) is 12.3 Å². The van der Waals surface area contributed by atoms with Gasteiger partial charge in [-0.05, 0) is 49.2 Å².